The van der Waals surface area contributed by atoms with Crippen LogP contribution >= 0.6 is 0 Å². The van der Waals surface area contributed by atoms with Crippen LogP contribution < -0.4 is 10.1 Å². The van der Waals surface area contributed by atoms with E-state index in [0.29, 0.717) is 23.8 Å². The molecule has 1 N–H and O–H groups in total. The molecule has 3 heteroatoms. The summed E-state index contributed by atoms with van der Waals surface area (Å²) in [4.78, 5) is 12.1. The second-order valence-corrected chi connectivity index (χ2v) is 5.59. The third-order valence-electron chi connectivity index (χ3n) is 4.01. The van der Waals surface area contributed by atoms with Crippen LogP contribution in [0.5, 0.6) is 5.75 Å². The van der Waals surface area contributed by atoms with Crippen molar-refractivity contribution in [2.75, 3.05) is 13.7 Å². The molecule has 1 aliphatic rings. The van der Waals surface area contributed by atoms with Crippen LogP contribution in [0.1, 0.15) is 36.5 Å². The Labute approximate surface area is 126 Å². The van der Waals surface area contributed by atoms with Crippen LogP contribution in [0.25, 0.3) is 0 Å². The van der Waals surface area contributed by atoms with E-state index in [0.717, 1.165) is 19.3 Å². The van der Waals surface area contributed by atoms with Gasteiger partial charge in [-0.05, 0) is 50.3 Å². The second kappa shape index (κ2) is 7.11. The molecule has 0 bridgehead atoms. The monoisotopic (exact) mass is 285 g/mol. The summed E-state index contributed by atoms with van der Waals surface area (Å²) in [5, 5.41) is 2.98. The molecule has 0 aromatic heterocycles. The van der Waals surface area contributed by atoms with Gasteiger partial charge in [0.05, 0.1) is 7.11 Å². The quantitative estimate of drug-likeness (QED) is 0.837. The molecule has 0 spiro atoms. The molecule has 3 nitrogen and oxygen atoms in total. The number of hydrogen-bond donors (Lipinski definition) is 1. The summed E-state index contributed by atoms with van der Waals surface area (Å²) in [5.41, 5.74) is 3.19. The van der Waals surface area contributed by atoms with Crippen molar-refractivity contribution < 1.29 is 9.53 Å². The highest BCUT2D eigenvalue weighted by molar-refractivity contribution is 5.94. The zero-order valence-corrected chi connectivity index (χ0v) is 12.8. The van der Waals surface area contributed by atoms with E-state index >= 15 is 0 Å². The number of carbonyl (C=O) groups is 1. The van der Waals surface area contributed by atoms with Crippen molar-refractivity contribution in [3.05, 3.63) is 53.6 Å². The number of benzene rings is 1. The molecule has 1 aliphatic carbocycles. The van der Waals surface area contributed by atoms with E-state index in [2.05, 4.69) is 24.9 Å². The molecule has 0 unspecified atom stereocenters. The lowest BCUT2D eigenvalue weighted by molar-refractivity contribution is 0.0956. The van der Waals surface area contributed by atoms with Crippen LogP contribution in [0.2, 0.25) is 0 Å². The zero-order valence-electron chi connectivity index (χ0n) is 12.8. The SMILES string of the molecule is C=C(C)[C@@H]1CC=C(CNC(=O)c2cccc(OC)c2)CC1. The summed E-state index contributed by atoms with van der Waals surface area (Å²) >= 11 is 0. The molecule has 1 atom stereocenters. The summed E-state index contributed by atoms with van der Waals surface area (Å²) in [6, 6.07) is 7.20. The van der Waals surface area contributed by atoms with Crippen LogP contribution in [0.4, 0.5) is 0 Å². The van der Waals surface area contributed by atoms with Gasteiger partial charge in [-0.25, -0.2) is 0 Å². The van der Waals surface area contributed by atoms with Gasteiger partial charge in [0, 0.05) is 12.1 Å². The minimum Gasteiger partial charge on any atom is -0.497 e. The Kier molecular flexibility index (Phi) is 5.20. The van der Waals surface area contributed by atoms with E-state index in [1.807, 2.05) is 12.1 Å². The number of ether oxygens (including phenoxy) is 1. The maximum absolute atomic E-state index is 12.1. The lowest BCUT2D eigenvalue weighted by Crippen LogP contribution is -2.26. The number of allylic oxidation sites excluding steroid dienone is 2. The Morgan fingerprint density at radius 1 is 1.48 bits per heavy atom. The van der Waals surface area contributed by atoms with Gasteiger partial charge < -0.3 is 10.1 Å². The lowest BCUT2D eigenvalue weighted by atomic mass is 9.85. The molecule has 0 saturated carbocycles. The minimum atomic E-state index is -0.0585. The van der Waals surface area contributed by atoms with Gasteiger partial charge in [0.25, 0.3) is 5.91 Å². The van der Waals surface area contributed by atoms with Gasteiger partial charge >= 0.3 is 0 Å². The van der Waals surface area contributed by atoms with E-state index in [-0.39, 0.29) is 5.91 Å². The minimum absolute atomic E-state index is 0.0585. The fourth-order valence-electron chi connectivity index (χ4n) is 2.56. The molecule has 1 aromatic carbocycles. The number of carbonyl (C=O) groups excluding carboxylic acids is 1. The highest BCUT2D eigenvalue weighted by Gasteiger charge is 2.15. The first-order valence-corrected chi connectivity index (χ1v) is 7.35. The van der Waals surface area contributed by atoms with E-state index in [1.165, 1.54) is 11.1 Å². The van der Waals surface area contributed by atoms with Gasteiger partial charge in [-0.1, -0.05) is 29.9 Å². The van der Waals surface area contributed by atoms with Crippen molar-refractivity contribution in [3.63, 3.8) is 0 Å². The van der Waals surface area contributed by atoms with Gasteiger partial charge in [-0.15, -0.1) is 0 Å². The van der Waals surface area contributed by atoms with Crippen molar-refractivity contribution in [2.24, 2.45) is 5.92 Å². The van der Waals surface area contributed by atoms with Crippen molar-refractivity contribution in [1.82, 2.24) is 5.32 Å². The maximum Gasteiger partial charge on any atom is 0.251 e. The third-order valence-corrected chi connectivity index (χ3v) is 4.01. The Morgan fingerprint density at radius 3 is 2.90 bits per heavy atom. The molecule has 21 heavy (non-hydrogen) atoms. The maximum atomic E-state index is 12.1. The number of methoxy groups -OCH3 is 1. The smallest absolute Gasteiger partial charge is 0.251 e. The average molecular weight is 285 g/mol. The number of amides is 1. The van der Waals surface area contributed by atoms with Gasteiger partial charge in [0.2, 0.25) is 0 Å². The molecule has 1 aromatic rings. The van der Waals surface area contributed by atoms with Gasteiger partial charge in [-0.2, -0.15) is 0 Å². The molecule has 0 heterocycles. The largest absolute Gasteiger partial charge is 0.497 e. The predicted octanol–water partition coefficient (Wildman–Crippen LogP) is 3.73. The third kappa shape index (κ3) is 4.22. The van der Waals surface area contributed by atoms with Crippen LogP contribution in [-0.4, -0.2) is 19.6 Å². The Hall–Kier alpha value is -2.03. The fraction of sp³-hybridized carbons (Fsp3) is 0.389. The molecule has 0 fully saturated rings. The number of rotatable bonds is 5. The first-order chi connectivity index (χ1) is 10.1. The molecule has 0 aliphatic heterocycles. The standard InChI is InChI=1S/C18H23NO2/c1-13(2)15-9-7-14(8-10-15)12-19-18(20)16-5-4-6-17(11-16)21-3/h4-7,11,15H,1,8-10,12H2,2-3H3,(H,19,20)/t15-/m1/s1. The van der Waals surface area contributed by atoms with E-state index in [4.69, 9.17) is 4.74 Å². The Bertz CT molecular complexity index is 560. The van der Waals surface area contributed by atoms with Crippen LogP contribution in [0.15, 0.2) is 48.1 Å². The number of nitrogens with one attached hydrogen (secondary N) is 1. The van der Waals surface area contributed by atoms with Crippen LogP contribution in [0.3, 0.4) is 0 Å². The predicted molar refractivity (Wildman–Crippen MR) is 85.6 cm³/mol. The molecule has 2 rings (SSSR count). The van der Waals surface area contributed by atoms with Crippen molar-refractivity contribution >= 4 is 5.91 Å². The summed E-state index contributed by atoms with van der Waals surface area (Å²) in [6.45, 7) is 6.74. The second-order valence-electron chi connectivity index (χ2n) is 5.59. The zero-order chi connectivity index (χ0) is 15.2. The summed E-state index contributed by atoms with van der Waals surface area (Å²) < 4.78 is 5.13. The van der Waals surface area contributed by atoms with Crippen molar-refractivity contribution in [1.29, 1.82) is 0 Å². The van der Waals surface area contributed by atoms with Gasteiger partial charge in [0.15, 0.2) is 0 Å². The molecule has 0 radical (unpaired) electrons. The summed E-state index contributed by atoms with van der Waals surface area (Å²) in [7, 11) is 1.60. The summed E-state index contributed by atoms with van der Waals surface area (Å²) in [6.07, 6.45) is 5.46. The first kappa shape index (κ1) is 15.4. The molecule has 0 saturated heterocycles. The Balaban J connectivity index is 1.88. The fourth-order valence-corrected chi connectivity index (χ4v) is 2.56. The highest BCUT2D eigenvalue weighted by Crippen LogP contribution is 2.27. The van der Waals surface area contributed by atoms with Crippen LogP contribution in [0, 0.1) is 5.92 Å². The van der Waals surface area contributed by atoms with Gasteiger partial charge in [0.1, 0.15) is 5.75 Å². The molecule has 1 amide bonds. The average Bonchev–Trinajstić information content (AvgIpc) is 2.53. The van der Waals surface area contributed by atoms with Gasteiger partial charge in [-0.3, -0.25) is 4.79 Å². The Morgan fingerprint density at radius 2 is 2.29 bits per heavy atom. The highest BCUT2D eigenvalue weighted by atomic mass is 16.5. The van der Waals surface area contributed by atoms with E-state index in [9.17, 15) is 4.79 Å². The van der Waals surface area contributed by atoms with Crippen molar-refractivity contribution in [2.45, 2.75) is 26.2 Å². The first-order valence-electron chi connectivity index (χ1n) is 7.35. The lowest BCUT2D eigenvalue weighted by Gasteiger charge is -2.22. The molecular weight excluding hydrogens is 262 g/mol. The molecule has 112 valence electrons. The normalized spacial score (nSPS) is 17.8. The van der Waals surface area contributed by atoms with Crippen molar-refractivity contribution in [3.8, 4) is 5.75 Å². The van der Waals surface area contributed by atoms with E-state index in [1.54, 1.807) is 19.2 Å². The van der Waals surface area contributed by atoms with E-state index < -0.39 is 0 Å². The number of hydrogen-bond acceptors (Lipinski definition) is 2. The van der Waals surface area contributed by atoms with Crippen LogP contribution in [-0.2, 0) is 0 Å². The topological polar surface area (TPSA) is 38.3 Å². The summed E-state index contributed by atoms with van der Waals surface area (Å²) in [5.74, 6) is 1.24. The molecular formula is C18H23NO2.